The summed E-state index contributed by atoms with van der Waals surface area (Å²) in [5, 5.41) is 23.1. The zero-order valence-corrected chi connectivity index (χ0v) is 32.1. The van der Waals surface area contributed by atoms with Gasteiger partial charge in [-0.25, -0.2) is 8.78 Å². The summed E-state index contributed by atoms with van der Waals surface area (Å²) in [6.45, 7) is 3.34. The molecule has 5 N–H and O–H groups in total. The van der Waals surface area contributed by atoms with Crippen molar-refractivity contribution in [1.82, 2.24) is 35.5 Å². The zero-order chi connectivity index (χ0) is 41.3. The molecule has 4 heterocycles. The second kappa shape index (κ2) is 18.7. The minimum atomic E-state index is -0.652. The second-order valence-electron chi connectivity index (χ2n) is 14.3. The molecule has 308 valence electrons. The number of halogens is 2. The second-order valence-corrected chi connectivity index (χ2v) is 14.3. The molecule has 0 bridgehead atoms. The molecule has 18 heteroatoms. The van der Waals surface area contributed by atoms with E-state index in [0.29, 0.717) is 61.3 Å². The Balaban J connectivity index is 0.773. The Hall–Kier alpha value is -6.69. The van der Waals surface area contributed by atoms with E-state index in [2.05, 4.69) is 41.5 Å². The summed E-state index contributed by atoms with van der Waals surface area (Å²) >= 11 is 0. The lowest BCUT2D eigenvalue weighted by molar-refractivity contribution is -0.134. The van der Waals surface area contributed by atoms with Gasteiger partial charge in [-0.05, 0) is 78.6 Å². The fourth-order valence-corrected chi connectivity index (χ4v) is 7.09. The topological polar surface area (TPSA) is 196 Å². The van der Waals surface area contributed by atoms with E-state index in [-0.39, 0.29) is 74.9 Å². The quantitative estimate of drug-likeness (QED) is 0.0729. The predicted octanol–water partition coefficient (Wildman–Crippen LogP) is 3.36. The van der Waals surface area contributed by atoms with Crippen LogP contribution < -0.4 is 26.2 Å². The van der Waals surface area contributed by atoms with E-state index in [0.717, 1.165) is 23.0 Å². The molecule has 2 aliphatic heterocycles. The molecule has 0 radical (unpaired) electrons. The van der Waals surface area contributed by atoms with Crippen molar-refractivity contribution in [2.75, 3.05) is 61.5 Å². The number of aromatic nitrogens is 4. The Kier molecular flexibility index (Phi) is 12.8. The monoisotopic (exact) mass is 810 g/mol. The number of rotatable bonds is 16. The van der Waals surface area contributed by atoms with Crippen LogP contribution in [0.2, 0.25) is 0 Å². The van der Waals surface area contributed by atoms with Crippen LogP contribution in [0.25, 0.3) is 10.9 Å². The Morgan fingerprint density at radius 1 is 0.881 bits per heavy atom. The van der Waals surface area contributed by atoms with E-state index in [1.807, 2.05) is 30.3 Å². The molecule has 2 aliphatic rings. The highest BCUT2D eigenvalue weighted by Crippen LogP contribution is 2.25. The third kappa shape index (κ3) is 10.6. The molecule has 0 saturated carbocycles. The van der Waals surface area contributed by atoms with Crippen molar-refractivity contribution in [3.8, 4) is 0 Å². The molecule has 16 nitrogen and oxygen atoms in total. The van der Waals surface area contributed by atoms with Gasteiger partial charge in [-0.3, -0.25) is 39.1 Å². The standard InChI is InChI=1S/C41H44F2N10O6/c42-28-22-27(23-29(43)25-28)21-26-1-6-33-32(24-26)39(50-49-33)48-41(58)35-11-12-45-53(35)18-20-59-19-13-44-36(54)9-10-38(56)52-16-14-51(15-17-52)31-4-2-30(3-5-31)46-34-7-8-37(55)47-40(34)57/h1-6,11-12,22-25,34,46H,7-10,13-21H2,(H,44,54)(H,47,55,57)(H2,48,49,50,58). The maximum Gasteiger partial charge on any atom is 0.275 e. The van der Waals surface area contributed by atoms with Gasteiger partial charge < -0.3 is 30.5 Å². The van der Waals surface area contributed by atoms with Crippen LogP contribution in [0.4, 0.5) is 26.0 Å². The van der Waals surface area contributed by atoms with Gasteiger partial charge in [0.15, 0.2) is 5.82 Å². The first-order chi connectivity index (χ1) is 28.6. The van der Waals surface area contributed by atoms with Crippen molar-refractivity contribution in [2.24, 2.45) is 0 Å². The molecule has 2 fully saturated rings. The molecule has 1 unspecified atom stereocenters. The molecule has 5 amide bonds. The first-order valence-electron chi connectivity index (χ1n) is 19.4. The summed E-state index contributed by atoms with van der Waals surface area (Å²) in [6, 6.07) is 17.6. The first-order valence-corrected chi connectivity index (χ1v) is 19.4. The number of benzene rings is 3. The average molecular weight is 811 g/mol. The Morgan fingerprint density at radius 3 is 2.42 bits per heavy atom. The lowest BCUT2D eigenvalue weighted by atomic mass is 10.0. The number of carbonyl (C=O) groups excluding carboxylic acids is 5. The normalized spacial score (nSPS) is 15.6. The number of carbonyl (C=O) groups is 5. The van der Waals surface area contributed by atoms with Gasteiger partial charge in [-0.2, -0.15) is 10.2 Å². The molecule has 0 spiro atoms. The third-order valence-electron chi connectivity index (χ3n) is 10.2. The minimum absolute atomic E-state index is 0.0615. The summed E-state index contributed by atoms with van der Waals surface area (Å²) in [7, 11) is 0. The van der Waals surface area contributed by atoms with Crippen molar-refractivity contribution >= 4 is 57.6 Å². The molecule has 7 rings (SSSR count). The maximum atomic E-state index is 13.7. The number of piperidine rings is 1. The lowest BCUT2D eigenvalue weighted by Gasteiger charge is -2.36. The van der Waals surface area contributed by atoms with Crippen LogP contribution in [0, 0.1) is 11.6 Å². The number of hydrogen-bond donors (Lipinski definition) is 5. The molecular formula is C41H44F2N10O6. The maximum absolute atomic E-state index is 13.7. The fraction of sp³-hybridized carbons (Fsp3) is 0.341. The summed E-state index contributed by atoms with van der Waals surface area (Å²) in [4.78, 5) is 65.9. The Morgan fingerprint density at radius 2 is 1.66 bits per heavy atom. The summed E-state index contributed by atoms with van der Waals surface area (Å²) in [5.41, 5.74) is 4.00. The lowest BCUT2D eigenvalue weighted by Crippen LogP contribution is -2.49. The molecule has 1 atom stereocenters. The number of anilines is 3. The molecule has 2 aromatic heterocycles. The number of hydrogen-bond acceptors (Lipinski definition) is 10. The van der Waals surface area contributed by atoms with Crippen molar-refractivity contribution in [2.45, 2.75) is 44.7 Å². The highest BCUT2D eigenvalue weighted by atomic mass is 19.1. The van der Waals surface area contributed by atoms with E-state index >= 15 is 0 Å². The number of aromatic amines is 1. The van der Waals surface area contributed by atoms with Crippen molar-refractivity contribution in [1.29, 1.82) is 0 Å². The van der Waals surface area contributed by atoms with Gasteiger partial charge in [-0.1, -0.05) is 6.07 Å². The Bertz CT molecular complexity index is 2300. The smallest absolute Gasteiger partial charge is 0.275 e. The van der Waals surface area contributed by atoms with Crippen LogP contribution in [0.1, 0.15) is 47.3 Å². The van der Waals surface area contributed by atoms with Crippen LogP contribution in [0.15, 0.2) is 72.9 Å². The minimum Gasteiger partial charge on any atom is -0.378 e. The highest BCUT2D eigenvalue weighted by molar-refractivity contribution is 6.07. The number of piperazine rings is 1. The molecule has 3 aromatic carbocycles. The van der Waals surface area contributed by atoms with Crippen LogP contribution >= 0.6 is 0 Å². The molecule has 2 saturated heterocycles. The SMILES string of the molecule is O=C(CCC(=O)N1CCN(c2ccc(NC3CCC(=O)NC3=O)cc2)CC1)NCCOCCn1nccc1C(=O)Nc1n[nH]c2ccc(Cc3cc(F)cc(F)c3)cc12. The van der Waals surface area contributed by atoms with Gasteiger partial charge in [0, 0.05) is 81.0 Å². The predicted molar refractivity (Wildman–Crippen MR) is 214 cm³/mol. The van der Waals surface area contributed by atoms with Gasteiger partial charge >= 0.3 is 0 Å². The van der Waals surface area contributed by atoms with Crippen molar-refractivity contribution in [3.05, 3.63) is 101 Å². The first kappa shape index (κ1) is 40.5. The molecule has 5 aromatic rings. The summed E-state index contributed by atoms with van der Waals surface area (Å²) in [5.74, 6) is -2.36. The van der Waals surface area contributed by atoms with Crippen LogP contribution in [-0.4, -0.2) is 106 Å². The zero-order valence-electron chi connectivity index (χ0n) is 32.1. The van der Waals surface area contributed by atoms with E-state index in [9.17, 15) is 32.8 Å². The van der Waals surface area contributed by atoms with Gasteiger partial charge in [0.2, 0.25) is 23.6 Å². The third-order valence-corrected chi connectivity index (χ3v) is 10.2. The number of ether oxygens (including phenoxy) is 1. The van der Waals surface area contributed by atoms with Gasteiger partial charge in [0.1, 0.15) is 23.4 Å². The molecular weight excluding hydrogens is 767 g/mol. The number of nitrogens with one attached hydrogen (secondary N) is 5. The Labute approximate surface area is 337 Å². The largest absolute Gasteiger partial charge is 0.378 e. The fourth-order valence-electron chi connectivity index (χ4n) is 7.09. The average Bonchev–Trinajstić information content (AvgIpc) is 3.86. The van der Waals surface area contributed by atoms with Crippen LogP contribution in [-0.2, 0) is 36.9 Å². The van der Waals surface area contributed by atoms with Crippen molar-refractivity contribution in [3.63, 3.8) is 0 Å². The van der Waals surface area contributed by atoms with E-state index in [4.69, 9.17) is 4.74 Å². The number of H-pyrrole nitrogens is 1. The molecule has 59 heavy (non-hydrogen) atoms. The van der Waals surface area contributed by atoms with Gasteiger partial charge in [-0.15, -0.1) is 0 Å². The number of amides is 5. The van der Waals surface area contributed by atoms with E-state index in [1.54, 1.807) is 23.1 Å². The van der Waals surface area contributed by atoms with Crippen LogP contribution in [0.5, 0.6) is 0 Å². The highest BCUT2D eigenvalue weighted by Gasteiger charge is 2.27. The van der Waals surface area contributed by atoms with Crippen molar-refractivity contribution < 1.29 is 37.5 Å². The number of fused-ring (bicyclic) bond motifs is 1. The van der Waals surface area contributed by atoms with Gasteiger partial charge in [0.05, 0.1) is 25.3 Å². The van der Waals surface area contributed by atoms with E-state index in [1.165, 1.54) is 23.0 Å². The molecule has 0 aliphatic carbocycles. The van der Waals surface area contributed by atoms with Crippen LogP contribution in [0.3, 0.4) is 0 Å². The van der Waals surface area contributed by atoms with Gasteiger partial charge in [0.25, 0.3) is 5.91 Å². The summed E-state index contributed by atoms with van der Waals surface area (Å²) < 4.78 is 34.6. The number of imide groups is 1. The van der Waals surface area contributed by atoms with E-state index < -0.39 is 23.6 Å². The number of nitrogens with zero attached hydrogens (tertiary/aromatic N) is 5. The summed E-state index contributed by atoms with van der Waals surface area (Å²) in [6.07, 6.45) is 2.70.